The first-order valence-corrected chi connectivity index (χ1v) is 12.4. The van der Waals surface area contributed by atoms with Crippen LogP contribution in [0.2, 0.25) is 0 Å². The van der Waals surface area contributed by atoms with Gasteiger partial charge in [-0.2, -0.15) is 0 Å². The van der Waals surface area contributed by atoms with Crippen molar-refractivity contribution >= 4 is 0 Å². The molecule has 0 spiro atoms. The van der Waals surface area contributed by atoms with E-state index in [1.54, 1.807) is 18.2 Å². The molecule has 0 fully saturated rings. The first kappa shape index (κ1) is 26.3. The third-order valence-corrected chi connectivity index (χ3v) is 6.57. The summed E-state index contributed by atoms with van der Waals surface area (Å²) in [5.74, 6) is 3.26. The van der Waals surface area contributed by atoms with Crippen LogP contribution in [-0.2, 0) is 12.8 Å². The van der Waals surface area contributed by atoms with E-state index >= 15 is 0 Å². The topological polar surface area (TPSA) is 70.5 Å². The molecule has 4 nitrogen and oxygen atoms in total. The van der Waals surface area contributed by atoms with E-state index in [1.807, 2.05) is 42.5 Å². The van der Waals surface area contributed by atoms with Gasteiger partial charge in [-0.05, 0) is 103 Å². The zero-order chi connectivity index (χ0) is 26.4. The van der Waals surface area contributed by atoms with Gasteiger partial charge in [-0.25, -0.2) is 8.78 Å². The summed E-state index contributed by atoms with van der Waals surface area (Å²) in [6.07, 6.45) is 1.52. The van der Waals surface area contributed by atoms with Gasteiger partial charge in [-0.3, -0.25) is 0 Å². The maximum absolute atomic E-state index is 13.3. The summed E-state index contributed by atoms with van der Waals surface area (Å²) >= 11 is 0. The second-order valence-electron chi connectivity index (χ2n) is 9.03. The normalized spacial score (nSPS) is 16.7. The molecule has 2 aliphatic rings. The number of rotatable bonds is 1. The lowest BCUT2D eigenvalue weighted by Gasteiger charge is -2.13. The maximum atomic E-state index is 13.3. The van der Waals surface area contributed by atoms with E-state index < -0.39 is 0 Å². The van der Waals surface area contributed by atoms with Crippen LogP contribution in [0.15, 0.2) is 84.9 Å². The van der Waals surface area contributed by atoms with Crippen LogP contribution in [-0.4, -0.2) is 13.6 Å². The lowest BCUT2D eigenvalue weighted by molar-refractivity contribution is 0.476. The molecule has 4 N–H and O–H groups in total. The fraction of sp³-hybridized carbons (Fsp3) is 0.226. The zero-order valence-corrected chi connectivity index (χ0v) is 21.1. The Labute approximate surface area is 216 Å². The van der Waals surface area contributed by atoms with E-state index in [9.17, 15) is 8.78 Å². The Kier molecular flexibility index (Phi) is 8.54. The van der Waals surface area contributed by atoms with Gasteiger partial charge in [0.15, 0.2) is 0 Å². The zero-order valence-electron chi connectivity index (χ0n) is 21.1. The summed E-state index contributed by atoms with van der Waals surface area (Å²) in [5.41, 5.74) is 14.4. The van der Waals surface area contributed by atoms with E-state index in [0.717, 1.165) is 46.1 Å². The van der Waals surface area contributed by atoms with Crippen LogP contribution < -0.4 is 20.9 Å². The molecule has 6 heteroatoms. The van der Waals surface area contributed by atoms with Gasteiger partial charge in [0.1, 0.15) is 34.6 Å². The highest BCUT2D eigenvalue weighted by Gasteiger charge is 2.23. The van der Waals surface area contributed by atoms with Gasteiger partial charge in [0, 0.05) is 5.92 Å². The highest BCUT2D eigenvalue weighted by atomic mass is 19.1. The number of nitrogens with two attached hydrogens (primary N) is 2. The predicted molar refractivity (Wildman–Crippen MR) is 144 cm³/mol. The van der Waals surface area contributed by atoms with Crippen molar-refractivity contribution in [1.82, 2.24) is 0 Å². The summed E-state index contributed by atoms with van der Waals surface area (Å²) in [7, 11) is 1.50. The number of hydrogen-bond donors (Lipinski definition) is 2. The molecule has 6 rings (SSSR count). The molecule has 2 heterocycles. The Morgan fingerprint density at radius 2 is 1.16 bits per heavy atom. The molecule has 0 aromatic heterocycles. The summed E-state index contributed by atoms with van der Waals surface area (Å²) < 4.78 is 38.3. The van der Waals surface area contributed by atoms with E-state index in [0.29, 0.717) is 18.9 Å². The van der Waals surface area contributed by atoms with Crippen LogP contribution in [0.1, 0.15) is 41.0 Å². The van der Waals surface area contributed by atoms with Crippen molar-refractivity contribution in [2.45, 2.75) is 31.6 Å². The van der Waals surface area contributed by atoms with Gasteiger partial charge in [0.2, 0.25) is 0 Å². The molecular weight excluding hydrogens is 470 g/mol. The van der Waals surface area contributed by atoms with E-state index in [1.165, 1.54) is 30.8 Å². The molecule has 2 atom stereocenters. The summed E-state index contributed by atoms with van der Waals surface area (Å²) in [6.45, 7) is 2.67. The average Bonchev–Trinajstić information content (AvgIpc) is 3.17. The van der Waals surface area contributed by atoms with Crippen molar-refractivity contribution in [3.63, 3.8) is 0 Å². The van der Waals surface area contributed by atoms with Crippen molar-refractivity contribution in [3.05, 3.63) is 119 Å². The minimum Gasteiger partial charge on any atom is -0.457 e. The van der Waals surface area contributed by atoms with Gasteiger partial charge in [0.25, 0.3) is 0 Å². The second kappa shape index (κ2) is 12.0. The minimum absolute atomic E-state index is 0.171. The molecule has 0 bridgehead atoms. The molecular formula is C31H32F2N2O2. The van der Waals surface area contributed by atoms with E-state index in [2.05, 4.69) is 18.7 Å². The van der Waals surface area contributed by atoms with Gasteiger partial charge in [-0.15, -0.1) is 0 Å². The third-order valence-electron chi connectivity index (χ3n) is 6.57. The van der Waals surface area contributed by atoms with Gasteiger partial charge >= 0.3 is 0 Å². The summed E-state index contributed by atoms with van der Waals surface area (Å²) in [6, 6.07) is 25.2. The molecule has 0 radical (unpaired) electrons. The molecule has 4 aromatic carbocycles. The Morgan fingerprint density at radius 1 is 0.676 bits per heavy atom. The Hall–Kier alpha value is -3.74. The molecule has 0 aliphatic carbocycles. The molecule has 2 aliphatic heterocycles. The average molecular weight is 503 g/mol. The fourth-order valence-electron chi connectivity index (χ4n) is 4.77. The Bertz CT molecular complexity index is 1360. The van der Waals surface area contributed by atoms with Crippen LogP contribution in [0.4, 0.5) is 8.78 Å². The summed E-state index contributed by atoms with van der Waals surface area (Å²) in [4.78, 5) is 0. The molecule has 0 saturated carbocycles. The fourth-order valence-corrected chi connectivity index (χ4v) is 4.77. The number of hydrogen-bond acceptors (Lipinski definition) is 4. The first-order chi connectivity index (χ1) is 18.0. The monoisotopic (exact) mass is 502 g/mol. The van der Waals surface area contributed by atoms with Gasteiger partial charge in [0.05, 0.1) is 0 Å². The standard InChI is InChI=1S/C15H14FNO.C15H13FO.CH5N/c16-12-5-6-14-10(8-12)7-11(9-17)13-3-1-2-4-15(13)18-14;1-10-8-11-9-12(16)6-7-14(11)17-15-5-3-2-4-13(10)15;1-2/h1-6,8,11H,7,9,17H2;2-7,9-10H,8H2,1H3;2H2,1H3/t11-;;/m0../s1. The smallest absolute Gasteiger partial charge is 0.130 e. The van der Waals surface area contributed by atoms with Crippen LogP contribution in [0.3, 0.4) is 0 Å². The van der Waals surface area contributed by atoms with Gasteiger partial charge < -0.3 is 20.9 Å². The minimum atomic E-state index is -0.237. The van der Waals surface area contributed by atoms with Crippen molar-refractivity contribution in [1.29, 1.82) is 0 Å². The Morgan fingerprint density at radius 3 is 1.73 bits per heavy atom. The molecule has 192 valence electrons. The van der Waals surface area contributed by atoms with Crippen LogP contribution >= 0.6 is 0 Å². The van der Waals surface area contributed by atoms with Crippen LogP contribution in [0.25, 0.3) is 0 Å². The summed E-state index contributed by atoms with van der Waals surface area (Å²) in [5, 5.41) is 0. The van der Waals surface area contributed by atoms with E-state index in [4.69, 9.17) is 15.2 Å². The second-order valence-corrected chi connectivity index (χ2v) is 9.03. The lowest BCUT2D eigenvalue weighted by atomic mass is 9.92. The quantitative estimate of drug-likeness (QED) is 0.292. The number of ether oxygens (including phenoxy) is 2. The molecule has 1 unspecified atom stereocenters. The number of benzene rings is 4. The predicted octanol–water partition coefficient (Wildman–Crippen LogP) is 7.07. The highest BCUT2D eigenvalue weighted by molar-refractivity contribution is 5.48. The lowest BCUT2D eigenvalue weighted by Crippen LogP contribution is -2.14. The first-order valence-electron chi connectivity index (χ1n) is 12.4. The maximum Gasteiger partial charge on any atom is 0.130 e. The number of halogens is 2. The third kappa shape index (κ3) is 5.98. The van der Waals surface area contributed by atoms with Crippen LogP contribution in [0.5, 0.6) is 23.0 Å². The number of fused-ring (bicyclic) bond motifs is 4. The van der Waals surface area contributed by atoms with Gasteiger partial charge in [-0.1, -0.05) is 43.3 Å². The molecule has 37 heavy (non-hydrogen) atoms. The van der Waals surface area contributed by atoms with Crippen molar-refractivity contribution in [3.8, 4) is 23.0 Å². The van der Waals surface area contributed by atoms with Crippen molar-refractivity contribution in [2.75, 3.05) is 13.6 Å². The SMILES string of the molecule is CC1Cc2cc(F)ccc2Oc2ccccc21.CN.NC[C@@H]1Cc2cc(F)ccc2Oc2ccccc21. The Balaban J connectivity index is 0.000000162. The molecule has 0 amide bonds. The number of para-hydroxylation sites is 2. The highest BCUT2D eigenvalue weighted by Crippen LogP contribution is 2.40. The molecule has 0 saturated heterocycles. The molecule has 4 aromatic rings. The largest absolute Gasteiger partial charge is 0.457 e. The van der Waals surface area contributed by atoms with Crippen LogP contribution in [0, 0.1) is 11.6 Å². The van der Waals surface area contributed by atoms with E-state index in [-0.39, 0.29) is 17.6 Å². The van der Waals surface area contributed by atoms with Crippen molar-refractivity contribution < 1.29 is 18.3 Å². The van der Waals surface area contributed by atoms with Crippen molar-refractivity contribution in [2.24, 2.45) is 11.5 Å².